The summed E-state index contributed by atoms with van der Waals surface area (Å²) in [5.41, 5.74) is 2.14. The molecule has 0 aliphatic rings. The fraction of sp³-hybridized carbons (Fsp3) is 0.385. The van der Waals surface area contributed by atoms with Crippen LogP contribution in [0.1, 0.15) is 18.1 Å². The van der Waals surface area contributed by atoms with E-state index in [2.05, 4.69) is 20.4 Å². The summed E-state index contributed by atoms with van der Waals surface area (Å²) < 4.78 is 7.93. The molecule has 2 rings (SSSR count). The van der Waals surface area contributed by atoms with Gasteiger partial charge in [-0.3, -0.25) is 0 Å². The van der Waals surface area contributed by atoms with Gasteiger partial charge >= 0.3 is 5.69 Å². The highest BCUT2D eigenvalue weighted by atomic mass is 16.6. The van der Waals surface area contributed by atoms with E-state index in [4.69, 9.17) is 4.74 Å². The van der Waals surface area contributed by atoms with Crippen molar-refractivity contribution < 1.29 is 9.57 Å². The van der Waals surface area contributed by atoms with Crippen molar-refractivity contribution in [3.63, 3.8) is 0 Å². The average molecular weight is 291 g/mol. The lowest BCUT2D eigenvalue weighted by Crippen LogP contribution is -2.23. The van der Waals surface area contributed by atoms with Crippen LogP contribution in [0.5, 0.6) is 0 Å². The van der Waals surface area contributed by atoms with E-state index in [0.29, 0.717) is 11.6 Å². The summed E-state index contributed by atoms with van der Waals surface area (Å²) in [7, 11) is 3.00. The highest BCUT2D eigenvalue weighted by Crippen LogP contribution is 2.18. The van der Waals surface area contributed by atoms with Crippen molar-refractivity contribution >= 4 is 5.90 Å². The molecule has 2 aromatic rings. The highest BCUT2D eigenvalue weighted by Gasteiger charge is 2.13. The van der Waals surface area contributed by atoms with Gasteiger partial charge in [-0.1, -0.05) is 17.3 Å². The van der Waals surface area contributed by atoms with Gasteiger partial charge < -0.3 is 9.57 Å². The van der Waals surface area contributed by atoms with Crippen LogP contribution >= 0.6 is 0 Å². The second kappa shape index (κ2) is 6.21. The number of rotatable bonds is 4. The van der Waals surface area contributed by atoms with E-state index in [9.17, 15) is 4.79 Å². The first-order valence-corrected chi connectivity index (χ1v) is 6.33. The summed E-state index contributed by atoms with van der Waals surface area (Å²) in [6.45, 7) is 3.88. The van der Waals surface area contributed by atoms with Crippen molar-refractivity contribution in [1.29, 1.82) is 0 Å². The number of aromatic nitrogens is 4. The van der Waals surface area contributed by atoms with Crippen LogP contribution in [0.4, 0.5) is 0 Å². The van der Waals surface area contributed by atoms with Crippen molar-refractivity contribution in [2.24, 2.45) is 12.2 Å². The quantitative estimate of drug-likeness (QED) is 0.472. The van der Waals surface area contributed by atoms with Crippen LogP contribution in [0.3, 0.4) is 0 Å². The normalized spacial score (nSPS) is 11.5. The van der Waals surface area contributed by atoms with Crippen molar-refractivity contribution in [1.82, 2.24) is 19.8 Å². The van der Waals surface area contributed by atoms with Crippen LogP contribution in [0.2, 0.25) is 0 Å². The van der Waals surface area contributed by atoms with Crippen LogP contribution in [0.25, 0.3) is 5.69 Å². The van der Waals surface area contributed by atoms with Gasteiger partial charge in [0.25, 0.3) is 0 Å². The summed E-state index contributed by atoms with van der Waals surface area (Å²) in [4.78, 5) is 16.6. The second-order valence-electron chi connectivity index (χ2n) is 4.45. The Balaban J connectivity index is 2.39. The SMILES string of the molecule is CON=C(C)OCc1c(C)cccc1-n1nnn(C)c1=O. The Morgan fingerprint density at radius 2 is 2.14 bits per heavy atom. The van der Waals surface area contributed by atoms with E-state index in [0.717, 1.165) is 11.1 Å². The molecule has 0 unspecified atom stereocenters. The molecule has 21 heavy (non-hydrogen) atoms. The number of aryl methyl sites for hydroxylation is 2. The number of oxime groups is 1. The third kappa shape index (κ3) is 3.10. The lowest BCUT2D eigenvalue weighted by molar-refractivity contribution is 0.187. The van der Waals surface area contributed by atoms with E-state index in [1.54, 1.807) is 20.0 Å². The first-order valence-electron chi connectivity index (χ1n) is 6.33. The molecule has 0 spiro atoms. The third-order valence-corrected chi connectivity index (χ3v) is 2.98. The lowest BCUT2D eigenvalue weighted by Gasteiger charge is -2.12. The Hall–Kier alpha value is -2.64. The molecule has 0 aliphatic heterocycles. The molecule has 0 bridgehead atoms. The number of hydrogen-bond donors (Lipinski definition) is 0. The maximum Gasteiger partial charge on any atom is 0.368 e. The minimum Gasteiger partial charge on any atom is -0.474 e. The van der Waals surface area contributed by atoms with Gasteiger partial charge in [0.05, 0.1) is 5.69 Å². The zero-order valence-electron chi connectivity index (χ0n) is 12.4. The van der Waals surface area contributed by atoms with Gasteiger partial charge in [-0.15, -0.1) is 0 Å². The molecule has 0 fully saturated rings. The van der Waals surface area contributed by atoms with Gasteiger partial charge in [-0.25, -0.2) is 4.79 Å². The van der Waals surface area contributed by atoms with E-state index < -0.39 is 0 Å². The van der Waals surface area contributed by atoms with Crippen LogP contribution in [-0.2, 0) is 23.2 Å². The molecule has 0 aliphatic carbocycles. The summed E-state index contributed by atoms with van der Waals surface area (Å²) >= 11 is 0. The number of tetrazole rings is 1. The molecule has 8 heteroatoms. The van der Waals surface area contributed by atoms with Gasteiger partial charge in [-0.05, 0) is 29.0 Å². The number of nitrogens with zero attached hydrogens (tertiary/aromatic N) is 5. The van der Waals surface area contributed by atoms with Gasteiger partial charge in [0.15, 0.2) is 0 Å². The van der Waals surface area contributed by atoms with E-state index in [1.165, 1.54) is 16.5 Å². The summed E-state index contributed by atoms with van der Waals surface area (Å²) in [6.07, 6.45) is 0. The smallest absolute Gasteiger partial charge is 0.368 e. The largest absolute Gasteiger partial charge is 0.474 e. The predicted molar refractivity (Wildman–Crippen MR) is 76.2 cm³/mol. The molecule has 1 aromatic heterocycles. The zero-order valence-corrected chi connectivity index (χ0v) is 12.4. The number of hydrogen-bond acceptors (Lipinski definition) is 6. The summed E-state index contributed by atoms with van der Waals surface area (Å²) in [5, 5.41) is 11.3. The average Bonchev–Trinajstić information content (AvgIpc) is 2.78. The Bertz CT molecular complexity index is 717. The fourth-order valence-electron chi connectivity index (χ4n) is 1.87. The minimum atomic E-state index is -0.316. The molecule has 0 radical (unpaired) electrons. The first kappa shape index (κ1) is 14.8. The Labute approximate surface area is 121 Å². The Kier molecular flexibility index (Phi) is 4.36. The van der Waals surface area contributed by atoms with Crippen molar-refractivity contribution in [3.05, 3.63) is 39.8 Å². The molecule has 1 aromatic carbocycles. The van der Waals surface area contributed by atoms with Crippen molar-refractivity contribution in [2.45, 2.75) is 20.5 Å². The fourth-order valence-corrected chi connectivity index (χ4v) is 1.87. The van der Waals surface area contributed by atoms with Gasteiger partial charge in [0.1, 0.15) is 13.7 Å². The van der Waals surface area contributed by atoms with Crippen LogP contribution in [-0.4, -0.2) is 32.8 Å². The van der Waals surface area contributed by atoms with Crippen LogP contribution in [0.15, 0.2) is 28.1 Å². The standard InChI is InChI=1S/C13H17N5O3/c1-9-6-5-7-12(18-13(19)17(3)15-16-18)11(9)8-21-10(2)14-20-4/h5-7H,8H2,1-4H3. The van der Waals surface area contributed by atoms with Crippen LogP contribution < -0.4 is 5.69 Å². The van der Waals surface area contributed by atoms with Gasteiger partial charge in [-0.2, -0.15) is 9.36 Å². The molecule has 0 amide bonds. The van der Waals surface area contributed by atoms with E-state index in [1.807, 2.05) is 19.1 Å². The molecule has 112 valence electrons. The Morgan fingerprint density at radius 1 is 1.38 bits per heavy atom. The number of ether oxygens (including phenoxy) is 1. The molecule has 1 heterocycles. The van der Waals surface area contributed by atoms with Crippen molar-refractivity contribution in [3.8, 4) is 5.69 Å². The monoisotopic (exact) mass is 291 g/mol. The molecular weight excluding hydrogens is 274 g/mol. The predicted octanol–water partition coefficient (Wildman–Crippen LogP) is 0.771. The van der Waals surface area contributed by atoms with E-state index >= 15 is 0 Å². The lowest BCUT2D eigenvalue weighted by atomic mass is 10.1. The molecule has 0 saturated carbocycles. The third-order valence-electron chi connectivity index (χ3n) is 2.98. The van der Waals surface area contributed by atoms with Crippen LogP contribution in [0, 0.1) is 6.92 Å². The second-order valence-corrected chi connectivity index (χ2v) is 4.45. The highest BCUT2D eigenvalue weighted by molar-refractivity contribution is 5.72. The van der Waals surface area contributed by atoms with Gasteiger partial charge in [0.2, 0.25) is 5.90 Å². The molecule has 0 atom stereocenters. The molecule has 8 nitrogen and oxygen atoms in total. The molecule has 0 N–H and O–H groups in total. The maximum absolute atomic E-state index is 12.0. The topological polar surface area (TPSA) is 83.5 Å². The van der Waals surface area contributed by atoms with Gasteiger partial charge in [0, 0.05) is 19.5 Å². The molecule has 0 saturated heterocycles. The maximum atomic E-state index is 12.0. The van der Waals surface area contributed by atoms with Crippen molar-refractivity contribution in [2.75, 3.05) is 7.11 Å². The summed E-state index contributed by atoms with van der Waals surface area (Å²) in [6, 6.07) is 5.59. The Morgan fingerprint density at radius 3 is 2.76 bits per heavy atom. The van der Waals surface area contributed by atoms with E-state index in [-0.39, 0.29) is 12.3 Å². The first-order chi connectivity index (χ1) is 10.0. The number of benzene rings is 1. The minimum absolute atomic E-state index is 0.254. The summed E-state index contributed by atoms with van der Waals surface area (Å²) in [5.74, 6) is 0.401. The molecular formula is C13H17N5O3. The zero-order chi connectivity index (χ0) is 15.4.